The summed E-state index contributed by atoms with van der Waals surface area (Å²) in [4.78, 5) is 2.43. The molecule has 0 unspecified atom stereocenters. The Kier molecular flexibility index (Phi) is 3.67. The molecule has 0 aromatic heterocycles. The fourth-order valence-electron chi connectivity index (χ4n) is 2.69. The van der Waals surface area contributed by atoms with Crippen LogP contribution in [0.2, 0.25) is 0 Å². The second kappa shape index (κ2) is 5.05. The van der Waals surface area contributed by atoms with Crippen LogP contribution >= 0.6 is 0 Å². The molecule has 0 aliphatic carbocycles. The minimum absolute atomic E-state index is 0.202. The Balaban J connectivity index is 2.16. The molecule has 3 heteroatoms. The molecule has 0 radical (unpaired) electrons. The summed E-state index contributed by atoms with van der Waals surface area (Å²) in [6.45, 7) is 5.24. The number of likely N-dealkylation sites (tertiary alicyclic amines) is 1. The predicted octanol–water partition coefficient (Wildman–Crippen LogP) is 3.17. The quantitative estimate of drug-likeness (QED) is 0.799. The van der Waals surface area contributed by atoms with Crippen molar-refractivity contribution in [2.75, 3.05) is 5.73 Å². The molecule has 1 aromatic carbocycles. The van der Waals surface area contributed by atoms with Gasteiger partial charge in [0.1, 0.15) is 5.82 Å². The van der Waals surface area contributed by atoms with E-state index in [4.69, 9.17) is 5.73 Å². The van der Waals surface area contributed by atoms with Crippen molar-refractivity contribution < 1.29 is 4.39 Å². The first-order chi connectivity index (χ1) is 8.08. The van der Waals surface area contributed by atoms with E-state index in [1.807, 2.05) is 0 Å². The second-order valence-corrected chi connectivity index (χ2v) is 5.14. The van der Waals surface area contributed by atoms with Gasteiger partial charge in [-0.05, 0) is 50.5 Å². The van der Waals surface area contributed by atoms with Gasteiger partial charge in [0.2, 0.25) is 0 Å². The molecular formula is C14H21FN2. The highest BCUT2D eigenvalue weighted by atomic mass is 19.1. The minimum atomic E-state index is -0.202. The lowest BCUT2D eigenvalue weighted by molar-refractivity contribution is 0.0954. The van der Waals surface area contributed by atoms with E-state index in [1.54, 1.807) is 12.1 Å². The van der Waals surface area contributed by atoms with Crippen LogP contribution in [0, 0.1) is 5.82 Å². The first-order valence-electron chi connectivity index (χ1n) is 6.37. The van der Waals surface area contributed by atoms with Gasteiger partial charge < -0.3 is 5.73 Å². The highest BCUT2D eigenvalue weighted by Gasteiger charge is 2.25. The first kappa shape index (κ1) is 12.4. The molecule has 0 bridgehead atoms. The molecule has 1 fully saturated rings. The molecule has 0 saturated carbocycles. The van der Waals surface area contributed by atoms with Crippen molar-refractivity contribution >= 4 is 5.69 Å². The topological polar surface area (TPSA) is 29.3 Å². The number of piperidine rings is 1. The van der Waals surface area contributed by atoms with Crippen LogP contribution in [0.5, 0.6) is 0 Å². The lowest BCUT2D eigenvalue weighted by atomic mass is 9.96. The minimum Gasteiger partial charge on any atom is -0.398 e. The second-order valence-electron chi connectivity index (χ2n) is 5.14. The summed E-state index contributed by atoms with van der Waals surface area (Å²) in [6, 6.07) is 5.75. The predicted molar refractivity (Wildman–Crippen MR) is 69.1 cm³/mol. The largest absolute Gasteiger partial charge is 0.398 e. The molecule has 1 saturated heterocycles. The van der Waals surface area contributed by atoms with E-state index in [2.05, 4.69) is 18.7 Å². The van der Waals surface area contributed by atoms with E-state index < -0.39 is 0 Å². The van der Waals surface area contributed by atoms with Crippen molar-refractivity contribution in [3.63, 3.8) is 0 Å². The maximum absolute atomic E-state index is 13.2. The average molecular weight is 236 g/mol. The number of hydrogen-bond acceptors (Lipinski definition) is 2. The van der Waals surface area contributed by atoms with Crippen molar-refractivity contribution in [2.45, 2.75) is 51.7 Å². The summed E-state index contributed by atoms with van der Waals surface area (Å²) in [5, 5.41) is 0. The van der Waals surface area contributed by atoms with Crippen molar-refractivity contribution in [2.24, 2.45) is 0 Å². The molecule has 17 heavy (non-hydrogen) atoms. The third kappa shape index (κ3) is 2.78. The van der Waals surface area contributed by atoms with Crippen LogP contribution in [0.15, 0.2) is 18.2 Å². The van der Waals surface area contributed by atoms with Crippen LogP contribution in [0.3, 0.4) is 0 Å². The zero-order chi connectivity index (χ0) is 12.4. The molecule has 0 spiro atoms. The van der Waals surface area contributed by atoms with Gasteiger partial charge in [0.25, 0.3) is 0 Å². The monoisotopic (exact) mass is 236 g/mol. The van der Waals surface area contributed by atoms with Gasteiger partial charge in [-0.25, -0.2) is 4.39 Å². The van der Waals surface area contributed by atoms with Crippen LogP contribution in [-0.2, 0) is 6.54 Å². The number of benzene rings is 1. The normalized spacial score (nSPS) is 26.1. The molecule has 1 aliphatic heterocycles. The van der Waals surface area contributed by atoms with Gasteiger partial charge in [-0.15, -0.1) is 0 Å². The zero-order valence-corrected chi connectivity index (χ0v) is 10.6. The third-order valence-corrected chi connectivity index (χ3v) is 3.83. The Morgan fingerprint density at radius 1 is 1.29 bits per heavy atom. The maximum Gasteiger partial charge on any atom is 0.123 e. The Hall–Kier alpha value is -1.09. The van der Waals surface area contributed by atoms with Gasteiger partial charge in [-0.1, -0.05) is 6.42 Å². The van der Waals surface area contributed by atoms with Crippen LogP contribution in [-0.4, -0.2) is 17.0 Å². The summed E-state index contributed by atoms with van der Waals surface area (Å²) in [7, 11) is 0. The third-order valence-electron chi connectivity index (χ3n) is 3.83. The van der Waals surface area contributed by atoms with Crippen LogP contribution in [0.1, 0.15) is 38.7 Å². The number of halogens is 1. The number of hydrogen-bond donors (Lipinski definition) is 1. The van der Waals surface area contributed by atoms with Gasteiger partial charge in [-0.3, -0.25) is 4.90 Å². The molecule has 2 atom stereocenters. The molecule has 2 nitrogen and oxygen atoms in total. The Morgan fingerprint density at radius 2 is 1.94 bits per heavy atom. The van der Waals surface area contributed by atoms with Crippen molar-refractivity contribution in [3.05, 3.63) is 29.6 Å². The summed E-state index contributed by atoms with van der Waals surface area (Å²) in [6.07, 6.45) is 3.73. The fourth-order valence-corrected chi connectivity index (χ4v) is 2.69. The SMILES string of the molecule is C[C@@H]1CCC[C@H](C)N1Cc1cc(F)ccc1N. The van der Waals surface area contributed by atoms with E-state index >= 15 is 0 Å². The molecule has 94 valence electrons. The zero-order valence-electron chi connectivity index (χ0n) is 10.6. The molecular weight excluding hydrogens is 215 g/mol. The highest BCUT2D eigenvalue weighted by Crippen LogP contribution is 2.26. The fraction of sp³-hybridized carbons (Fsp3) is 0.571. The lowest BCUT2D eigenvalue weighted by Gasteiger charge is -2.39. The van der Waals surface area contributed by atoms with Crippen LogP contribution in [0.4, 0.5) is 10.1 Å². The highest BCUT2D eigenvalue weighted by molar-refractivity contribution is 5.46. The average Bonchev–Trinajstić information content (AvgIpc) is 2.28. The Labute approximate surface area is 103 Å². The number of nitrogens with two attached hydrogens (primary N) is 1. The molecule has 1 aliphatic rings. The maximum atomic E-state index is 13.2. The molecule has 2 N–H and O–H groups in total. The van der Waals surface area contributed by atoms with Gasteiger partial charge in [0, 0.05) is 24.3 Å². The number of anilines is 1. The summed E-state index contributed by atoms with van der Waals surface area (Å²) >= 11 is 0. The first-order valence-corrected chi connectivity index (χ1v) is 6.37. The van der Waals surface area contributed by atoms with E-state index in [0.29, 0.717) is 17.8 Å². The molecule has 1 heterocycles. The number of rotatable bonds is 2. The smallest absolute Gasteiger partial charge is 0.123 e. The Morgan fingerprint density at radius 3 is 2.59 bits per heavy atom. The van der Waals surface area contributed by atoms with Crippen molar-refractivity contribution in [1.29, 1.82) is 0 Å². The van der Waals surface area contributed by atoms with Gasteiger partial charge in [0.05, 0.1) is 0 Å². The van der Waals surface area contributed by atoms with E-state index in [-0.39, 0.29) is 5.82 Å². The van der Waals surface area contributed by atoms with Crippen LogP contribution < -0.4 is 5.73 Å². The van der Waals surface area contributed by atoms with E-state index in [1.165, 1.54) is 25.3 Å². The van der Waals surface area contributed by atoms with E-state index in [0.717, 1.165) is 12.1 Å². The lowest BCUT2D eigenvalue weighted by Crippen LogP contribution is -2.43. The van der Waals surface area contributed by atoms with Gasteiger partial charge in [-0.2, -0.15) is 0 Å². The van der Waals surface area contributed by atoms with E-state index in [9.17, 15) is 4.39 Å². The van der Waals surface area contributed by atoms with Crippen molar-refractivity contribution in [1.82, 2.24) is 4.90 Å². The summed E-state index contributed by atoms with van der Waals surface area (Å²) < 4.78 is 13.2. The molecule has 2 rings (SSSR count). The van der Waals surface area contributed by atoms with Crippen LogP contribution in [0.25, 0.3) is 0 Å². The Bertz CT molecular complexity index is 382. The van der Waals surface area contributed by atoms with Crippen molar-refractivity contribution in [3.8, 4) is 0 Å². The van der Waals surface area contributed by atoms with Gasteiger partial charge >= 0.3 is 0 Å². The standard InChI is InChI=1S/C14H21FN2/c1-10-4-3-5-11(2)17(10)9-12-8-13(15)6-7-14(12)16/h6-8,10-11H,3-5,9,16H2,1-2H3/t10-,11+. The molecule has 0 amide bonds. The number of nitrogens with zero attached hydrogens (tertiary/aromatic N) is 1. The number of nitrogen functional groups attached to an aromatic ring is 1. The summed E-state index contributed by atoms with van der Waals surface area (Å²) in [5.41, 5.74) is 7.50. The molecule has 1 aromatic rings. The van der Waals surface area contributed by atoms with Gasteiger partial charge in [0.15, 0.2) is 0 Å². The summed E-state index contributed by atoms with van der Waals surface area (Å²) in [5.74, 6) is -0.202.